The third kappa shape index (κ3) is 8.48. The Morgan fingerprint density at radius 1 is 0.974 bits per heavy atom. The summed E-state index contributed by atoms with van der Waals surface area (Å²) in [5.74, 6) is -0.669. The molecule has 39 heavy (non-hydrogen) atoms. The van der Waals surface area contributed by atoms with E-state index in [0.717, 1.165) is 6.26 Å². The van der Waals surface area contributed by atoms with E-state index in [1.54, 1.807) is 18.2 Å². The summed E-state index contributed by atoms with van der Waals surface area (Å²) in [5.41, 5.74) is -3.65. The number of halogens is 8. The number of amides is 1. The average molecular weight is 620 g/mol. The highest BCUT2D eigenvalue weighted by Crippen LogP contribution is 2.40. The number of likely N-dealkylation sites (tertiary alicyclic amines) is 1. The molecule has 0 saturated carbocycles. The first-order chi connectivity index (χ1) is 17.9. The maximum Gasteiger partial charge on any atom is 0.416 e. The van der Waals surface area contributed by atoms with Gasteiger partial charge in [0, 0.05) is 18.5 Å². The first-order valence-electron chi connectivity index (χ1n) is 11.8. The molecule has 1 amide bonds. The van der Waals surface area contributed by atoms with Crippen molar-refractivity contribution in [3.63, 3.8) is 0 Å². The van der Waals surface area contributed by atoms with E-state index in [-0.39, 0.29) is 42.2 Å². The van der Waals surface area contributed by atoms with Crippen LogP contribution in [0.4, 0.5) is 26.3 Å². The van der Waals surface area contributed by atoms with Crippen molar-refractivity contribution in [2.24, 2.45) is 0 Å². The van der Waals surface area contributed by atoms with Crippen LogP contribution >= 0.6 is 23.2 Å². The van der Waals surface area contributed by atoms with Crippen molar-refractivity contribution in [2.75, 3.05) is 26.0 Å². The Morgan fingerprint density at radius 2 is 1.59 bits per heavy atom. The molecule has 0 aliphatic carbocycles. The van der Waals surface area contributed by atoms with Crippen LogP contribution in [0.25, 0.3) is 0 Å². The SMILES string of the molecule is CS(=O)(=O)OCC[C@]1(c2ccc(Cl)c(Cl)c2)CCCCN(C(=O)Cc2cc(C(F)(F)F)cc(C(F)(F)F)c2)C1. The number of alkyl halides is 6. The van der Waals surface area contributed by atoms with Gasteiger partial charge in [0.15, 0.2) is 0 Å². The highest BCUT2D eigenvalue weighted by molar-refractivity contribution is 7.85. The van der Waals surface area contributed by atoms with Crippen LogP contribution in [0, 0.1) is 0 Å². The molecule has 1 heterocycles. The Bertz CT molecular complexity index is 1280. The summed E-state index contributed by atoms with van der Waals surface area (Å²) in [6, 6.07) is 5.92. The lowest BCUT2D eigenvalue weighted by molar-refractivity contribution is -0.143. The van der Waals surface area contributed by atoms with E-state index in [1.807, 2.05) is 0 Å². The summed E-state index contributed by atoms with van der Waals surface area (Å²) < 4.78 is 108. The first kappa shape index (κ1) is 31.5. The molecule has 0 unspecified atom stereocenters. The Morgan fingerprint density at radius 3 is 2.13 bits per heavy atom. The van der Waals surface area contributed by atoms with Crippen molar-refractivity contribution in [1.29, 1.82) is 0 Å². The number of carbonyl (C=O) groups excluding carboxylic acids is 1. The second kappa shape index (κ2) is 11.8. The highest BCUT2D eigenvalue weighted by Gasteiger charge is 2.39. The number of benzene rings is 2. The summed E-state index contributed by atoms with van der Waals surface area (Å²) in [6.07, 6.45) is -8.12. The first-order valence-corrected chi connectivity index (χ1v) is 14.3. The molecule has 0 aromatic heterocycles. The number of nitrogens with zero attached hydrogens (tertiary/aromatic N) is 1. The fourth-order valence-corrected chi connectivity index (χ4v) is 5.39. The maximum absolute atomic E-state index is 13.3. The van der Waals surface area contributed by atoms with Gasteiger partial charge in [0.1, 0.15) is 0 Å². The molecule has 0 N–H and O–H groups in total. The molecule has 216 valence electrons. The molecule has 14 heteroatoms. The van der Waals surface area contributed by atoms with Crippen LogP contribution in [0.15, 0.2) is 36.4 Å². The molecule has 1 aliphatic heterocycles. The van der Waals surface area contributed by atoms with Crippen LogP contribution in [-0.4, -0.2) is 45.2 Å². The van der Waals surface area contributed by atoms with Crippen LogP contribution < -0.4 is 0 Å². The van der Waals surface area contributed by atoms with Crippen molar-refractivity contribution >= 4 is 39.2 Å². The van der Waals surface area contributed by atoms with Crippen LogP contribution in [0.1, 0.15) is 47.9 Å². The predicted octanol–water partition coefficient (Wildman–Crippen LogP) is 6.89. The molecule has 2 aromatic carbocycles. The largest absolute Gasteiger partial charge is 0.416 e. The normalized spacial score (nSPS) is 19.2. The van der Waals surface area contributed by atoms with Crippen LogP contribution in [-0.2, 0) is 43.3 Å². The average Bonchev–Trinajstić information content (AvgIpc) is 3.02. The molecule has 1 atom stereocenters. The third-order valence-corrected chi connectivity index (χ3v) is 7.93. The van der Waals surface area contributed by atoms with E-state index in [1.165, 1.54) is 4.90 Å². The van der Waals surface area contributed by atoms with Crippen molar-refractivity contribution in [3.8, 4) is 0 Å². The van der Waals surface area contributed by atoms with Crippen LogP contribution in [0.5, 0.6) is 0 Å². The van der Waals surface area contributed by atoms with Gasteiger partial charge in [-0.25, -0.2) is 0 Å². The lowest BCUT2D eigenvalue weighted by Crippen LogP contribution is -2.44. The van der Waals surface area contributed by atoms with Gasteiger partial charge in [-0.2, -0.15) is 34.8 Å². The predicted molar refractivity (Wildman–Crippen MR) is 134 cm³/mol. The minimum atomic E-state index is -5.04. The van der Waals surface area contributed by atoms with Gasteiger partial charge < -0.3 is 4.90 Å². The maximum atomic E-state index is 13.3. The summed E-state index contributed by atoms with van der Waals surface area (Å²) in [4.78, 5) is 14.7. The summed E-state index contributed by atoms with van der Waals surface area (Å²) >= 11 is 12.3. The number of rotatable bonds is 7. The molecule has 1 aliphatic rings. The number of hydrogen-bond donors (Lipinski definition) is 0. The number of hydrogen-bond acceptors (Lipinski definition) is 4. The minimum absolute atomic E-state index is 0.0109. The molecule has 1 saturated heterocycles. The fraction of sp³-hybridized carbons (Fsp3) is 0.480. The highest BCUT2D eigenvalue weighted by atomic mass is 35.5. The van der Waals surface area contributed by atoms with E-state index < -0.39 is 56.9 Å². The summed E-state index contributed by atoms with van der Waals surface area (Å²) in [6.45, 7) is 0.00557. The molecule has 2 aromatic rings. The number of carbonyl (C=O) groups is 1. The van der Waals surface area contributed by atoms with Gasteiger partial charge in [-0.1, -0.05) is 35.7 Å². The Hall–Kier alpha value is -2.02. The van der Waals surface area contributed by atoms with E-state index in [4.69, 9.17) is 27.4 Å². The van der Waals surface area contributed by atoms with Gasteiger partial charge in [0.05, 0.1) is 40.5 Å². The fourth-order valence-electron chi connectivity index (χ4n) is 4.71. The Labute approximate surface area is 232 Å². The minimum Gasteiger partial charge on any atom is -0.342 e. The molecular weight excluding hydrogens is 595 g/mol. The molecule has 3 rings (SSSR count). The second-order valence-corrected chi connectivity index (χ2v) is 12.0. The standard InChI is InChI=1S/C25H25Cl2F6NO4S/c1-39(36,37)38-9-7-23(17-4-5-20(26)21(27)14-17)6-2-3-8-34(15-23)22(35)12-16-10-18(24(28,29)30)13-19(11-16)25(31,32)33/h4-5,10-11,13-14H,2-3,6-9,12,15H2,1H3/t23-/m1/s1. The van der Waals surface area contributed by atoms with Gasteiger partial charge in [-0.15, -0.1) is 0 Å². The van der Waals surface area contributed by atoms with Gasteiger partial charge >= 0.3 is 12.4 Å². The molecule has 0 radical (unpaired) electrons. The molecule has 1 fully saturated rings. The van der Waals surface area contributed by atoms with E-state index in [9.17, 15) is 39.6 Å². The summed E-state index contributed by atoms with van der Waals surface area (Å²) in [7, 11) is -3.77. The van der Waals surface area contributed by atoms with Crippen LogP contribution in [0.3, 0.4) is 0 Å². The van der Waals surface area contributed by atoms with Gasteiger partial charge in [-0.3, -0.25) is 8.98 Å². The third-order valence-electron chi connectivity index (χ3n) is 6.59. The monoisotopic (exact) mass is 619 g/mol. The molecule has 5 nitrogen and oxygen atoms in total. The van der Waals surface area contributed by atoms with Crippen molar-refractivity contribution in [1.82, 2.24) is 4.90 Å². The van der Waals surface area contributed by atoms with Crippen LogP contribution in [0.2, 0.25) is 10.0 Å². The van der Waals surface area contributed by atoms with E-state index in [0.29, 0.717) is 37.0 Å². The topological polar surface area (TPSA) is 63.7 Å². The molecule has 0 bridgehead atoms. The van der Waals surface area contributed by atoms with E-state index in [2.05, 4.69) is 0 Å². The van der Waals surface area contributed by atoms with E-state index >= 15 is 0 Å². The zero-order valence-electron chi connectivity index (χ0n) is 20.6. The van der Waals surface area contributed by atoms with Gasteiger partial charge in [-0.05, 0) is 60.7 Å². The smallest absolute Gasteiger partial charge is 0.342 e. The van der Waals surface area contributed by atoms with Crippen molar-refractivity contribution in [3.05, 3.63) is 68.7 Å². The Kier molecular flexibility index (Phi) is 9.56. The zero-order chi connectivity index (χ0) is 29.2. The lowest BCUT2D eigenvalue weighted by Gasteiger charge is -2.37. The quantitative estimate of drug-likeness (QED) is 0.250. The van der Waals surface area contributed by atoms with Gasteiger partial charge in [0.25, 0.3) is 10.1 Å². The van der Waals surface area contributed by atoms with Crippen molar-refractivity contribution < 1.29 is 43.7 Å². The van der Waals surface area contributed by atoms with Crippen molar-refractivity contribution in [2.45, 2.75) is 49.9 Å². The lowest BCUT2D eigenvalue weighted by atomic mass is 9.74. The summed E-state index contributed by atoms with van der Waals surface area (Å²) in [5, 5.41) is 0.498. The molecule has 0 spiro atoms. The zero-order valence-corrected chi connectivity index (χ0v) is 23.0. The Balaban J connectivity index is 1.96. The van der Waals surface area contributed by atoms with Gasteiger partial charge in [0.2, 0.25) is 5.91 Å². The second-order valence-electron chi connectivity index (χ2n) is 9.55. The molecular formula is C25H25Cl2F6NO4S.